The summed E-state index contributed by atoms with van der Waals surface area (Å²) in [7, 11) is 0. The lowest BCUT2D eigenvalue weighted by atomic mass is 9.97. The monoisotopic (exact) mass is 340 g/mol. The van der Waals surface area contributed by atoms with E-state index >= 15 is 0 Å². The summed E-state index contributed by atoms with van der Waals surface area (Å²) in [6.07, 6.45) is 0.266. The van der Waals surface area contributed by atoms with Crippen LogP contribution in [0.15, 0.2) is 40.9 Å². The molecule has 0 aliphatic carbocycles. The van der Waals surface area contributed by atoms with E-state index in [0.717, 1.165) is 10.0 Å². The van der Waals surface area contributed by atoms with E-state index in [0.29, 0.717) is 11.1 Å². The number of halogens is 3. The summed E-state index contributed by atoms with van der Waals surface area (Å²) in [6, 6.07) is 8.98. The molecule has 3 N–H and O–H groups in total. The Morgan fingerprint density at radius 1 is 1.15 bits per heavy atom. The van der Waals surface area contributed by atoms with Gasteiger partial charge in [-0.15, -0.1) is 0 Å². The molecule has 2 aromatic carbocycles. The normalized spacial score (nSPS) is 12.4. The molecule has 0 saturated heterocycles. The molecule has 0 spiro atoms. The van der Waals surface area contributed by atoms with Gasteiger partial charge in [0.15, 0.2) is 0 Å². The Kier molecular flexibility index (Phi) is 4.86. The minimum absolute atomic E-state index is 0.266. The molecule has 0 fully saturated rings. The van der Waals surface area contributed by atoms with E-state index < -0.39 is 6.04 Å². The van der Waals surface area contributed by atoms with Crippen molar-refractivity contribution in [2.75, 3.05) is 0 Å². The Labute approximate surface area is 125 Å². The van der Waals surface area contributed by atoms with Gasteiger partial charge in [0.05, 0.1) is 6.04 Å². The lowest BCUT2D eigenvalue weighted by Gasteiger charge is -2.18. The van der Waals surface area contributed by atoms with Gasteiger partial charge < -0.3 is 0 Å². The molecule has 2 aromatic rings. The maximum atomic E-state index is 13.9. The Morgan fingerprint density at radius 2 is 1.85 bits per heavy atom. The zero-order valence-electron chi connectivity index (χ0n) is 11.0. The standard InChI is InChI=1S/C15H15BrF2N2/c1-9-2-4-14(18)12(6-9)15(20-19)8-10-7-11(16)3-5-13(10)17/h2-7,15,20H,8,19H2,1H3. The first-order chi connectivity index (χ1) is 9.51. The Balaban J connectivity index is 2.33. The Hall–Kier alpha value is -1.30. The van der Waals surface area contributed by atoms with Crippen molar-refractivity contribution in [2.24, 2.45) is 5.84 Å². The maximum Gasteiger partial charge on any atom is 0.128 e. The van der Waals surface area contributed by atoms with Crippen molar-refractivity contribution in [1.29, 1.82) is 0 Å². The van der Waals surface area contributed by atoms with Crippen LogP contribution in [0.3, 0.4) is 0 Å². The molecule has 0 radical (unpaired) electrons. The fraction of sp³-hybridized carbons (Fsp3) is 0.200. The van der Waals surface area contributed by atoms with Crippen LogP contribution in [-0.4, -0.2) is 0 Å². The summed E-state index contributed by atoms with van der Waals surface area (Å²) in [6.45, 7) is 1.87. The van der Waals surface area contributed by atoms with Crippen LogP contribution in [0.1, 0.15) is 22.7 Å². The van der Waals surface area contributed by atoms with E-state index in [4.69, 9.17) is 5.84 Å². The van der Waals surface area contributed by atoms with Crippen molar-refractivity contribution >= 4 is 15.9 Å². The topological polar surface area (TPSA) is 38.0 Å². The predicted octanol–water partition coefficient (Wildman–Crippen LogP) is 3.78. The third-order valence-electron chi connectivity index (χ3n) is 3.16. The molecular weight excluding hydrogens is 326 g/mol. The molecule has 5 heteroatoms. The van der Waals surface area contributed by atoms with E-state index in [1.54, 1.807) is 24.3 Å². The van der Waals surface area contributed by atoms with Gasteiger partial charge in [-0.3, -0.25) is 11.3 Å². The van der Waals surface area contributed by atoms with Gasteiger partial charge in [-0.05, 0) is 43.2 Å². The highest BCUT2D eigenvalue weighted by molar-refractivity contribution is 9.10. The van der Waals surface area contributed by atoms with Crippen LogP contribution in [0.25, 0.3) is 0 Å². The number of hydrazine groups is 1. The van der Waals surface area contributed by atoms with Crippen molar-refractivity contribution in [2.45, 2.75) is 19.4 Å². The number of aryl methyl sites for hydroxylation is 1. The average Bonchev–Trinajstić information content (AvgIpc) is 2.42. The minimum atomic E-state index is -0.487. The van der Waals surface area contributed by atoms with Gasteiger partial charge in [0, 0.05) is 10.0 Å². The fourth-order valence-electron chi connectivity index (χ4n) is 2.11. The van der Waals surface area contributed by atoms with Crippen molar-refractivity contribution in [3.8, 4) is 0 Å². The van der Waals surface area contributed by atoms with Gasteiger partial charge in [0.25, 0.3) is 0 Å². The quantitative estimate of drug-likeness (QED) is 0.656. The molecule has 0 aliphatic rings. The van der Waals surface area contributed by atoms with Crippen molar-refractivity contribution in [3.05, 3.63) is 69.2 Å². The molecule has 1 unspecified atom stereocenters. The number of benzene rings is 2. The molecule has 0 bridgehead atoms. The minimum Gasteiger partial charge on any atom is -0.271 e. The summed E-state index contributed by atoms with van der Waals surface area (Å²) in [5, 5.41) is 0. The molecule has 0 saturated carbocycles. The second kappa shape index (κ2) is 6.43. The molecule has 1 atom stereocenters. The predicted molar refractivity (Wildman–Crippen MR) is 79.0 cm³/mol. The third-order valence-corrected chi connectivity index (χ3v) is 3.65. The number of rotatable bonds is 4. The summed E-state index contributed by atoms with van der Waals surface area (Å²) < 4.78 is 28.4. The molecular formula is C15H15BrF2N2. The van der Waals surface area contributed by atoms with Gasteiger partial charge in [0.1, 0.15) is 11.6 Å². The van der Waals surface area contributed by atoms with Gasteiger partial charge in [0.2, 0.25) is 0 Å². The van der Waals surface area contributed by atoms with E-state index in [1.807, 2.05) is 6.92 Å². The van der Waals surface area contributed by atoms with Crippen molar-refractivity contribution in [3.63, 3.8) is 0 Å². The molecule has 20 heavy (non-hydrogen) atoms. The van der Waals surface area contributed by atoms with Crippen LogP contribution < -0.4 is 11.3 Å². The molecule has 0 heterocycles. The Bertz CT molecular complexity index is 617. The average molecular weight is 341 g/mol. The second-order valence-corrected chi connectivity index (χ2v) is 5.60. The first-order valence-corrected chi connectivity index (χ1v) is 6.96. The van der Waals surface area contributed by atoms with Crippen LogP contribution in [0.5, 0.6) is 0 Å². The van der Waals surface area contributed by atoms with E-state index in [9.17, 15) is 8.78 Å². The van der Waals surface area contributed by atoms with E-state index in [2.05, 4.69) is 21.4 Å². The SMILES string of the molecule is Cc1ccc(F)c(C(Cc2cc(Br)ccc2F)NN)c1. The highest BCUT2D eigenvalue weighted by Crippen LogP contribution is 2.24. The molecule has 106 valence electrons. The van der Waals surface area contributed by atoms with Crippen LogP contribution in [0.2, 0.25) is 0 Å². The zero-order chi connectivity index (χ0) is 14.7. The number of hydrogen-bond donors (Lipinski definition) is 2. The third kappa shape index (κ3) is 3.42. The number of hydrogen-bond acceptors (Lipinski definition) is 2. The maximum absolute atomic E-state index is 13.9. The number of nitrogens with two attached hydrogens (primary N) is 1. The largest absolute Gasteiger partial charge is 0.271 e. The zero-order valence-corrected chi connectivity index (χ0v) is 12.5. The lowest BCUT2D eigenvalue weighted by Crippen LogP contribution is -2.30. The highest BCUT2D eigenvalue weighted by Gasteiger charge is 2.17. The van der Waals surface area contributed by atoms with Gasteiger partial charge >= 0.3 is 0 Å². The summed E-state index contributed by atoms with van der Waals surface area (Å²) in [5.41, 5.74) is 4.40. The van der Waals surface area contributed by atoms with Gasteiger partial charge in [-0.1, -0.05) is 33.6 Å². The van der Waals surface area contributed by atoms with Gasteiger partial charge in [-0.2, -0.15) is 0 Å². The van der Waals surface area contributed by atoms with Crippen LogP contribution in [-0.2, 0) is 6.42 Å². The fourth-order valence-corrected chi connectivity index (χ4v) is 2.52. The molecule has 0 aliphatic heterocycles. The Morgan fingerprint density at radius 3 is 2.55 bits per heavy atom. The summed E-state index contributed by atoms with van der Waals surface area (Å²) >= 11 is 3.30. The summed E-state index contributed by atoms with van der Waals surface area (Å²) in [5.74, 6) is 4.82. The molecule has 0 aromatic heterocycles. The van der Waals surface area contributed by atoms with E-state index in [-0.39, 0.29) is 18.1 Å². The van der Waals surface area contributed by atoms with Crippen LogP contribution in [0, 0.1) is 18.6 Å². The van der Waals surface area contributed by atoms with Crippen molar-refractivity contribution in [1.82, 2.24) is 5.43 Å². The smallest absolute Gasteiger partial charge is 0.128 e. The molecule has 2 nitrogen and oxygen atoms in total. The number of nitrogens with one attached hydrogen (secondary N) is 1. The summed E-state index contributed by atoms with van der Waals surface area (Å²) in [4.78, 5) is 0. The first kappa shape index (κ1) is 15.1. The van der Waals surface area contributed by atoms with Crippen LogP contribution >= 0.6 is 15.9 Å². The lowest BCUT2D eigenvalue weighted by molar-refractivity contribution is 0.498. The molecule has 0 amide bonds. The van der Waals surface area contributed by atoms with Crippen LogP contribution in [0.4, 0.5) is 8.78 Å². The van der Waals surface area contributed by atoms with Gasteiger partial charge in [-0.25, -0.2) is 8.78 Å². The molecule has 2 rings (SSSR count). The first-order valence-electron chi connectivity index (χ1n) is 6.17. The second-order valence-electron chi connectivity index (χ2n) is 4.68. The van der Waals surface area contributed by atoms with E-state index in [1.165, 1.54) is 12.1 Å². The van der Waals surface area contributed by atoms with Crippen molar-refractivity contribution < 1.29 is 8.78 Å². The highest BCUT2D eigenvalue weighted by atomic mass is 79.9.